The summed E-state index contributed by atoms with van der Waals surface area (Å²) in [6.45, 7) is 0. The summed E-state index contributed by atoms with van der Waals surface area (Å²) >= 11 is 0. The molecule has 0 aliphatic heterocycles. The van der Waals surface area contributed by atoms with Gasteiger partial charge in [-0.05, 0) is 0 Å². The van der Waals surface area contributed by atoms with E-state index in [1.807, 2.05) is 60.7 Å². The van der Waals surface area contributed by atoms with E-state index in [2.05, 4.69) is 36.4 Å². The van der Waals surface area contributed by atoms with Crippen LogP contribution in [0.1, 0.15) is 11.1 Å². The number of rotatable bonds is 2. The van der Waals surface area contributed by atoms with Crippen molar-refractivity contribution in [3.05, 3.63) is 96.1 Å². The van der Waals surface area contributed by atoms with Gasteiger partial charge in [-0.2, -0.15) is 12.1 Å². The fourth-order valence-corrected chi connectivity index (χ4v) is 1.58. The fraction of sp³-hybridized carbons (Fsp3) is 0. The van der Waals surface area contributed by atoms with E-state index in [1.165, 1.54) is 11.1 Å². The van der Waals surface area contributed by atoms with Crippen molar-refractivity contribution < 1.29 is 17.1 Å². The van der Waals surface area contributed by atoms with Crippen molar-refractivity contribution in [3.63, 3.8) is 0 Å². The fourth-order valence-electron chi connectivity index (χ4n) is 1.58. The molecule has 0 spiro atoms. The molecule has 3 aromatic carbocycles. The molecule has 0 heterocycles. The van der Waals surface area contributed by atoms with Gasteiger partial charge in [0.1, 0.15) is 0 Å². The summed E-state index contributed by atoms with van der Waals surface area (Å²) in [5.41, 5.74) is 2.49. The second-order valence-corrected chi connectivity index (χ2v) is 3.92. The van der Waals surface area contributed by atoms with Gasteiger partial charge in [-0.3, -0.25) is 0 Å². The molecule has 0 N–H and O–H groups in total. The molecule has 0 radical (unpaired) electrons. The van der Waals surface area contributed by atoms with E-state index < -0.39 is 0 Å². The van der Waals surface area contributed by atoms with Crippen LogP contribution >= 0.6 is 0 Å². The van der Waals surface area contributed by atoms with Crippen molar-refractivity contribution in [2.75, 3.05) is 0 Å². The maximum Gasteiger partial charge on any atom is 0 e. The summed E-state index contributed by atoms with van der Waals surface area (Å²) in [5, 5.41) is 0. The normalized spacial score (nSPS) is 9.47. The maximum atomic E-state index is 2.12. The Morgan fingerprint density at radius 3 is 1.79 bits per heavy atom. The van der Waals surface area contributed by atoms with Crippen molar-refractivity contribution in [1.29, 1.82) is 0 Å². The van der Waals surface area contributed by atoms with Crippen molar-refractivity contribution in [2.24, 2.45) is 0 Å². The Morgan fingerprint density at radius 1 is 0.737 bits per heavy atom. The van der Waals surface area contributed by atoms with Crippen LogP contribution in [0.4, 0.5) is 0 Å². The summed E-state index contributed by atoms with van der Waals surface area (Å²) in [6.07, 6.45) is 4.24. The molecule has 0 unspecified atom stereocenters. The molecule has 0 fully saturated rings. The molecule has 0 saturated carbocycles. The van der Waals surface area contributed by atoms with Crippen molar-refractivity contribution in [1.82, 2.24) is 0 Å². The third kappa shape index (κ3) is 6.05. The van der Waals surface area contributed by atoms with Gasteiger partial charge in [-0.25, -0.2) is 0 Å². The maximum absolute atomic E-state index is 2.12. The topological polar surface area (TPSA) is 0 Å². The molecule has 0 atom stereocenters. The Hall–Kier alpha value is -1.82. The predicted molar refractivity (Wildman–Crippen MR) is 79.4 cm³/mol. The first kappa shape index (κ1) is 15.2. The molecule has 19 heavy (non-hydrogen) atoms. The molecule has 1 heteroatoms. The van der Waals surface area contributed by atoms with Gasteiger partial charge in [-0.15, -0.1) is 29.8 Å². The largest absolute Gasteiger partial charge is 0.748 e. The average Bonchev–Trinajstić information content (AvgIpc) is 3.13. The molecule has 0 aliphatic rings. The van der Waals surface area contributed by atoms with Crippen LogP contribution < -0.4 is 0 Å². The summed E-state index contributed by atoms with van der Waals surface area (Å²) in [7, 11) is 0. The third-order valence-electron chi connectivity index (χ3n) is 2.51. The Morgan fingerprint density at radius 2 is 1.26 bits per heavy atom. The van der Waals surface area contributed by atoms with E-state index in [9.17, 15) is 0 Å². The molecular formula is C18H16Fe-6. The first-order valence-electron chi connectivity index (χ1n) is 6.07. The van der Waals surface area contributed by atoms with E-state index in [0.29, 0.717) is 0 Å². The van der Waals surface area contributed by atoms with E-state index >= 15 is 0 Å². The number of hydrogen-bond acceptors (Lipinski definition) is 0. The van der Waals surface area contributed by atoms with Crippen LogP contribution in [0, 0.1) is 0 Å². The number of benzene rings is 1. The summed E-state index contributed by atoms with van der Waals surface area (Å²) in [6, 6.07) is 28.6. The van der Waals surface area contributed by atoms with E-state index in [4.69, 9.17) is 0 Å². The Bertz CT molecular complexity index is 513. The standard InChI is InChI=1S/C13H11.C5H5.Fe/c1-2-6-12(7-3-1)10-11-13-8-4-5-9-13;1-2-4-5-3-1;/h1-11H;1-5H;/q-1;-5;. The van der Waals surface area contributed by atoms with Gasteiger partial charge >= 0.3 is 0 Å². The Kier molecular flexibility index (Phi) is 7.34. The molecule has 0 aromatic heterocycles. The number of hydrogen-bond donors (Lipinski definition) is 0. The molecule has 102 valence electrons. The first-order valence-corrected chi connectivity index (χ1v) is 6.07. The van der Waals surface area contributed by atoms with Crippen molar-refractivity contribution >= 4 is 12.2 Å². The second-order valence-electron chi connectivity index (χ2n) is 3.92. The van der Waals surface area contributed by atoms with E-state index in [1.54, 1.807) is 0 Å². The predicted octanol–water partition coefficient (Wildman–Crippen LogP) is 4.98. The van der Waals surface area contributed by atoms with Crippen LogP contribution in [-0.4, -0.2) is 0 Å². The molecule has 0 saturated heterocycles. The van der Waals surface area contributed by atoms with E-state index in [-0.39, 0.29) is 17.1 Å². The molecule has 3 rings (SSSR count). The molecule has 0 nitrogen and oxygen atoms in total. The van der Waals surface area contributed by atoms with Crippen molar-refractivity contribution in [3.8, 4) is 0 Å². The SMILES string of the molecule is C(=C[c-]1cccc1)c1ccccc1.[Fe].[cH-]1[cH-][cH-][cH-][cH-]1. The zero-order valence-electron chi connectivity index (χ0n) is 10.6. The molecule has 3 aromatic rings. The van der Waals surface area contributed by atoms with Crippen LogP contribution in [-0.2, 0) is 17.1 Å². The first-order chi connectivity index (χ1) is 8.95. The van der Waals surface area contributed by atoms with E-state index in [0.717, 1.165) is 0 Å². The monoisotopic (exact) mass is 288 g/mol. The molecular weight excluding hydrogens is 272 g/mol. The smallest absolute Gasteiger partial charge is 0 e. The molecule has 0 bridgehead atoms. The van der Waals surface area contributed by atoms with Crippen LogP contribution in [0.25, 0.3) is 12.2 Å². The minimum Gasteiger partial charge on any atom is -0.748 e. The summed E-state index contributed by atoms with van der Waals surface area (Å²) in [4.78, 5) is 0. The van der Waals surface area contributed by atoms with Crippen LogP contribution in [0.5, 0.6) is 0 Å². The van der Waals surface area contributed by atoms with Crippen LogP contribution in [0.3, 0.4) is 0 Å². The molecule has 0 amide bonds. The van der Waals surface area contributed by atoms with Gasteiger partial charge in [0.2, 0.25) is 0 Å². The zero-order chi connectivity index (χ0) is 12.5. The second kappa shape index (κ2) is 9.16. The quantitative estimate of drug-likeness (QED) is 0.461. The minimum atomic E-state index is 0. The van der Waals surface area contributed by atoms with Gasteiger partial charge in [0.05, 0.1) is 0 Å². The average molecular weight is 288 g/mol. The van der Waals surface area contributed by atoms with Crippen LogP contribution in [0.2, 0.25) is 0 Å². The Balaban J connectivity index is 0.000000256. The minimum absolute atomic E-state index is 0. The van der Waals surface area contributed by atoms with Gasteiger partial charge < -0.3 is 30.3 Å². The van der Waals surface area contributed by atoms with Gasteiger partial charge in [0.15, 0.2) is 0 Å². The van der Waals surface area contributed by atoms with Crippen molar-refractivity contribution in [2.45, 2.75) is 0 Å². The Labute approximate surface area is 125 Å². The van der Waals surface area contributed by atoms with Gasteiger partial charge in [0, 0.05) is 17.1 Å². The van der Waals surface area contributed by atoms with Gasteiger partial charge in [-0.1, -0.05) is 35.9 Å². The van der Waals surface area contributed by atoms with Crippen LogP contribution in [0.15, 0.2) is 84.9 Å². The van der Waals surface area contributed by atoms with Gasteiger partial charge in [0.25, 0.3) is 0 Å². The molecule has 0 aliphatic carbocycles. The summed E-state index contributed by atoms with van der Waals surface area (Å²) in [5.74, 6) is 0. The zero-order valence-corrected chi connectivity index (χ0v) is 11.7. The third-order valence-corrected chi connectivity index (χ3v) is 2.51. The summed E-state index contributed by atoms with van der Waals surface area (Å²) < 4.78 is 0.